The van der Waals surface area contributed by atoms with E-state index in [9.17, 15) is 0 Å². The van der Waals surface area contributed by atoms with E-state index < -0.39 is 11.7 Å². The van der Waals surface area contributed by atoms with Crippen LogP contribution in [-0.4, -0.2) is 83.9 Å². The Morgan fingerprint density at radius 2 is 0.333 bits per heavy atom. The smallest absolute Gasteiger partial charge is 0.309 e. The predicted molar refractivity (Wildman–Crippen MR) is 514 cm³/mol. The number of nitrogens with zero attached hydrogens (tertiary/aromatic N) is 17. The number of alkyl halides is 3. The number of rotatable bonds is 18. The average molecular weight is 1710 g/mol. The molecule has 0 radical (unpaired) electrons. The van der Waals surface area contributed by atoms with Crippen LogP contribution in [0.2, 0.25) is 0 Å². The molecule has 0 N–H and O–H groups in total. The van der Waals surface area contributed by atoms with Crippen molar-refractivity contribution in [2.75, 3.05) is 0 Å². The Bertz CT molecular complexity index is 7680. The summed E-state index contributed by atoms with van der Waals surface area (Å²) in [6, 6.07) is 131. The molecule has 17 nitrogen and oxygen atoms in total. The van der Waals surface area contributed by atoms with E-state index in [0.29, 0.717) is 159 Å². The molecule has 23 aromatic rings. The molecule has 0 atom stereocenters. The molecular weight excluding hydrogens is 1640 g/mol. The minimum Gasteiger partial charge on any atom is -0.309 e. The van der Waals surface area contributed by atoms with Crippen molar-refractivity contribution in [3.8, 4) is 193 Å². The van der Waals surface area contributed by atoms with Crippen molar-refractivity contribution in [1.82, 2.24) is 83.9 Å². The van der Waals surface area contributed by atoms with E-state index in [1.54, 1.807) is 34.9 Å². The molecule has 16 aromatic carbocycles. The molecule has 0 saturated heterocycles. The minimum atomic E-state index is -5.08. The lowest BCUT2D eigenvalue weighted by molar-refractivity contribution is -0.136. The fraction of sp³-hybridized carbons (Fsp3) is 0.00893. The van der Waals surface area contributed by atoms with Gasteiger partial charge in [-0.25, -0.2) is 74.8 Å². The number of hydrogen-bond donors (Lipinski definition) is 0. The summed E-state index contributed by atoms with van der Waals surface area (Å²) in [7, 11) is 0. The van der Waals surface area contributed by atoms with Crippen LogP contribution in [0.3, 0.4) is 0 Å². The first-order valence-electron chi connectivity index (χ1n) is 42.9. The Kier molecular flexibility index (Phi) is 19.9. The molecule has 0 fully saturated rings. The number of fused-ring (bicyclic) bond motifs is 6. The van der Waals surface area contributed by atoms with Crippen molar-refractivity contribution in [2.24, 2.45) is 0 Å². The van der Waals surface area contributed by atoms with Gasteiger partial charge in [-0.15, -0.1) is 0 Å². The van der Waals surface area contributed by atoms with Gasteiger partial charge in [0.2, 0.25) is 0 Å². The van der Waals surface area contributed by atoms with Crippen LogP contribution in [0.4, 0.5) is 13.2 Å². The molecule has 20 heteroatoms. The summed E-state index contributed by atoms with van der Waals surface area (Å²) in [4.78, 5) is 77.5. The van der Waals surface area contributed by atoms with E-state index in [1.165, 1.54) is 0 Å². The van der Waals surface area contributed by atoms with Crippen molar-refractivity contribution in [3.05, 3.63) is 418 Å². The molecule has 0 saturated carbocycles. The average Bonchev–Trinajstić information content (AvgIpc) is 1.55. The van der Waals surface area contributed by atoms with Crippen LogP contribution >= 0.6 is 0 Å². The molecule has 0 unspecified atom stereocenters. The highest BCUT2D eigenvalue weighted by molar-refractivity contribution is 6.14. The molecule has 0 spiro atoms. The summed E-state index contributed by atoms with van der Waals surface area (Å²) in [5.41, 5.74) is 11.9. The molecule has 7 aromatic heterocycles. The predicted octanol–water partition coefficient (Wildman–Crippen LogP) is 26.5. The van der Waals surface area contributed by atoms with Crippen LogP contribution < -0.4 is 0 Å². The maximum absolute atomic E-state index is 18.2. The van der Waals surface area contributed by atoms with Gasteiger partial charge in [0.25, 0.3) is 0 Å². The first-order valence-corrected chi connectivity index (χ1v) is 42.9. The van der Waals surface area contributed by atoms with Gasteiger partial charge in [-0.2, -0.15) is 13.2 Å². The third-order valence-corrected chi connectivity index (χ3v) is 23.4. The summed E-state index contributed by atoms with van der Waals surface area (Å²) >= 11 is 0. The van der Waals surface area contributed by atoms with Gasteiger partial charge in [0.1, 0.15) is 0 Å². The highest BCUT2D eigenvalue weighted by atomic mass is 19.4. The summed E-state index contributed by atoms with van der Waals surface area (Å²) in [6.07, 6.45) is -5.08. The highest BCUT2D eigenvalue weighted by Crippen LogP contribution is 2.49. The topological polar surface area (TPSA) is 203 Å². The van der Waals surface area contributed by atoms with Gasteiger partial charge in [-0.3, -0.25) is 0 Å². The van der Waals surface area contributed by atoms with Crippen LogP contribution in [0.5, 0.6) is 0 Å². The molecule has 0 bridgehead atoms. The lowest BCUT2D eigenvalue weighted by atomic mass is 9.94. The van der Waals surface area contributed by atoms with Gasteiger partial charge in [0, 0.05) is 111 Å². The Balaban J connectivity index is 0.789. The van der Waals surface area contributed by atoms with E-state index >= 15 is 13.2 Å². The number of hydrogen-bond acceptors (Lipinski definition) is 15. The van der Waals surface area contributed by atoms with Crippen molar-refractivity contribution < 1.29 is 13.2 Å². The van der Waals surface area contributed by atoms with Crippen molar-refractivity contribution in [1.29, 1.82) is 0 Å². The van der Waals surface area contributed by atoms with Crippen molar-refractivity contribution in [3.63, 3.8) is 0 Å². The lowest BCUT2D eigenvalue weighted by Crippen LogP contribution is -2.13. The summed E-state index contributed by atoms with van der Waals surface area (Å²) in [5, 5.41) is 2.53. The zero-order valence-electron chi connectivity index (χ0n) is 70.0. The van der Waals surface area contributed by atoms with Crippen LogP contribution in [0, 0.1) is 0 Å². The summed E-state index contributed by atoms with van der Waals surface area (Å²) in [5.74, 6) is 6.04. The number of aromatic nitrogens is 17. The van der Waals surface area contributed by atoms with E-state index in [4.69, 9.17) is 74.8 Å². The summed E-state index contributed by atoms with van der Waals surface area (Å²) in [6.45, 7) is 0. The molecule has 132 heavy (non-hydrogen) atoms. The maximum atomic E-state index is 18.2. The molecule has 0 aliphatic heterocycles. The molecule has 7 heterocycles. The third-order valence-electron chi connectivity index (χ3n) is 23.4. The van der Waals surface area contributed by atoms with Crippen LogP contribution in [-0.2, 0) is 6.18 Å². The second-order valence-corrected chi connectivity index (χ2v) is 31.7. The molecule has 0 aliphatic rings. The van der Waals surface area contributed by atoms with E-state index in [-0.39, 0.29) is 22.6 Å². The molecule has 622 valence electrons. The molecule has 0 amide bonds. The zero-order valence-corrected chi connectivity index (χ0v) is 70.0. The first-order chi connectivity index (χ1) is 65.0. The second kappa shape index (κ2) is 33.4. The SMILES string of the molecule is FC(F)(F)c1c(-c2ccc(-c3nc(-c4ccccc4)nc(-c4ccccc4)n3)cc2-n2c3ccc(-c4nc(-c5ccccc5)nc(-c5ccccc5)n4)cc3c3cc(-c4nc(-c5ccccc5)nc(-c5ccccc5)n4)ccc32)cccc1-n1c2ccc(-c3nc(-c4ccccc4)nc(-c4ccccc4)n3)cc2c2cc(-c3nc(-c4ccccc4)nc(-c4ccccc4)n3)ccc21. The van der Waals surface area contributed by atoms with E-state index in [1.807, 2.05) is 387 Å². The molecular formula is C112H68F3N17. The minimum absolute atomic E-state index is 0.142. The largest absolute Gasteiger partial charge is 0.419 e. The zero-order chi connectivity index (χ0) is 88.2. The summed E-state index contributed by atoms with van der Waals surface area (Å²) < 4.78 is 58.5. The van der Waals surface area contributed by atoms with Gasteiger partial charge in [0.05, 0.1) is 39.0 Å². The van der Waals surface area contributed by atoms with E-state index in [2.05, 4.69) is 0 Å². The van der Waals surface area contributed by atoms with Gasteiger partial charge in [-0.1, -0.05) is 328 Å². The lowest BCUT2D eigenvalue weighted by Gasteiger charge is -2.22. The van der Waals surface area contributed by atoms with Crippen LogP contribution in [0.15, 0.2) is 413 Å². The van der Waals surface area contributed by atoms with Gasteiger partial charge >= 0.3 is 6.18 Å². The fourth-order valence-electron chi connectivity index (χ4n) is 17.1. The maximum Gasteiger partial charge on any atom is 0.419 e. The Hall–Kier alpha value is -18.0. The highest BCUT2D eigenvalue weighted by Gasteiger charge is 2.39. The monoisotopic (exact) mass is 1710 g/mol. The molecule has 0 aliphatic carbocycles. The first kappa shape index (κ1) is 78.7. The van der Waals surface area contributed by atoms with Crippen molar-refractivity contribution in [2.45, 2.75) is 6.18 Å². The van der Waals surface area contributed by atoms with Gasteiger partial charge in [0.15, 0.2) is 87.4 Å². The Morgan fingerprint density at radius 3 is 0.538 bits per heavy atom. The third kappa shape index (κ3) is 15.0. The normalized spacial score (nSPS) is 11.6. The molecule has 23 rings (SSSR count). The van der Waals surface area contributed by atoms with Crippen LogP contribution in [0.1, 0.15) is 5.56 Å². The standard InChI is InChI=1S/C112H68F3N17/c113-112(114,115)96-85(52-31-53-94(96)131-90-60-55-79(107-121-97(69-32-11-1-12-33-69)116-98(122-107)70-34-13-2-14-35-70)64-86(90)87-65-80(56-61-91(87)131)108-123-99(71-36-15-3-16-37-71)117-100(124-108)72-38-17-4-18-39-72)84-59-54-83(111-129-105(77-48-27-9-28-49-77)120-106(130-111)78-50-29-10-30-51-78)68-95(84)132-92-62-57-81(109-125-101(73-40-19-5-20-41-73)118-102(126-109)74-42-21-6-22-43-74)66-88(92)89-67-82(58-63-93(89)132)110-127-103(75-44-23-7-24-45-75)119-104(128-110)76-46-25-8-26-47-76/h1-68H. The van der Waals surface area contributed by atoms with Crippen LogP contribution in [0.25, 0.3) is 237 Å². The quantitative estimate of drug-likeness (QED) is 0.0784. The second-order valence-electron chi connectivity index (χ2n) is 31.7. The van der Waals surface area contributed by atoms with E-state index in [0.717, 1.165) is 55.6 Å². The fourth-order valence-corrected chi connectivity index (χ4v) is 17.1. The van der Waals surface area contributed by atoms with Crippen molar-refractivity contribution >= 4 is 43.6 Å². The van der Waals surface area contributed by atoms with Gasteiger partial charge < -0.3 is 9.13 Å². The number of halogens is 3. The Labute approximate surface area is 753 Å². The van der Waals surface area contributed by atoms with Gasteiger partial charge in [-0.05, 0) is 90.5 Å². The number of benzene rings is 16. The Morgan fingerprint density at radius 1 is 0.152 bits per heavy atom.